The maximum absolute atomic E-state index is 11.1. The lowest BCUT2D eigenvalue weighted by atomic mass is 10.2. The highest BCUT2D eigenvalue weighted by molar-refractivity contribution is 7.99. The van der Waals surface area contributed by atoms with Crippen molar-refractivity contribution in [2.45, 2.75) is 23.3 Å². The molecule has 0 saturated carbocycles. The van der Waals surface area contributed by atoms with Crippen molar-refractivity contribution in [3.8, 4) is 0 Å². The molecule has 2 aromatic rings. The molecule has 0 aliphatic heterocycles. The number of esters is 1. The SMILES string of the molecule is C=CC(=O)OCc1ccccc1Sc1ccc(C)cc1. The highest BCUT2D eigenvalue weighted by atomic mass is 32.2. The van der Waals surface area contributed by atoms with E-state index in [4.69, 9.17) is 4.74 Å². The highest BCUT2D eigenvalue weighted by Crippen LogP contribution is 2.30. The van der Waals surface area contributed by atoms with E-state index in [2.05, 4.69) is 37.8 Å². The van der Waals surface area contributed by atoms with Crippen LogP contribution in [0.1, 0.15) is 11.1 Å². The van der Waals surface area contributed by atoms with Gasteiger partial charge < -0.3 is 4.74 Å². The molecule has 0 aliphatic rings. The van der Waals surface area contributed by atoms with Crippen molar-refractivity contribution in [3.05, 3.63) is 72.3 Å². The van der Waals surface area contributed by atoms with Gasteiger partial charge in [0.1, 0.15) is 6.61 Å². The van der Waals surface area contributed by atoms with Crippen LogP contribution in [-0.2, 0) is 16.1 Å². The van der Waals surface area contributed by atoms with E-state index in [1.165, 1.54) is 11.6 Å². The van der Waals surface area contributed by atoms with Gasteiger partial charge in [-0.15, -0.1) is 0 Å². The molecule has 0 amide bonds. The van der Waals surface area contributed by atoms with Crippen LogP contribution in [0.3, 0.4) is 0 Å². The summed E-state index contributed by atoms with van der Waals surface area (Å²) in [6, 6.07) is 16.3. The summed E-state index contributed by atoms with van der Waals surface area (Å²) in [7, 11) is 0. The zero-order chi connectivity index (χ0) is 14.4. The smallest absolute Gasteiger partial charge is 0.330 e. The Morgan fingerprint density at radius 1 is 1.20 bits per heavy atom. The summed E-state index contributed by atoms with van der Waals surface area (Å²) in [6.45, 7) is 5.72. The fraction of sp³-hybridized carbons (Fsp3) is 0.118. The van der Waals surface area contributed by atoms with Gasteiger partial charge in [-0.25, -0.2) is 4.79 Å². The molecule has 0 unspecified atom stereocenters. The van der Waals surface area contributed by atoms with Crippen molar-refractivity contribution >= 4 is 17.7 Å². The molecular weight excluding hydrogens is 268 g/mol. The van der Waals surface area contributed by atoms with Gasteiger partial charge in [0.05, 0.1) is 0 Å². The minimum absolute atomic E-state index is 0.264. The molecule has 2 rings (SSSR count). The molecule has 0 bridgehead atoms. The molecule has 0 spiro atoms. The molecule has 0 heterocycles. The van der Waals surface area contributed by atoms with Gasteiger partial charge in [-0.3, -0.25) is 0 Å². The molecule has 2 aromatic carbocycles. The van der Waals surface area contributed by atoms with E-state index in [0.717, 1.165) is 15.4 Å². The van der Waals surface area contributed by atoms with Crippen molar-refractivity contribution in [2.75, 3.05) is 0 Å². The third-order valence-corrected chi connectivity index (χ3v) is 3.88. The number of hydrogen-bond acceptors (Lipinski definition) is 3. The van der Waals surface area contributed by atoms with Gasteiger partial charge in [0.25, 0.3) is 0 Å². The predicted octanol–water partition coefficient (Wildman–Crippen LogP) is 4.38. The first-order valence-electron chi connectivity index (χ1n) is 6.30. The average Bonchev–Trinajstić information content (AvgIpc) is 2.48. The van der Waals surface area contributed by atoms with Crippen LogP contribution in [0.5, 0.6) is 0 Å². The van der Waals surface area contributed by atoms with Gasteiger partial charge in [-0.05, 0) is 25.1 Å². The molecule has 0 N–H and O–H groups in total. The number of rotatable bonds is 5. The number of carbonyl (C=O) groups is 1. The molecule has 0 atom stereocenters. The largest absolute Gasteiger partial charge is 0.458 e. The number of benzene rings is 2. The highest BCUT2D eigenvalue weighted by Gasteiger charge is 2.06. The molecule has 0 fully saturated rings. The first-order valence-corrected chi connectivity index (χ1v) is 7.12. The minimum Gasteiger partial charge on any atom is -0.458 e. The van der Waals surface area contributed by atoms with Crippen LogP contribution in [0.4, 0.5) is 0 Å². The molecule has 0 saturated heterocycles. The monoisotopic (exact) mass is 284 g/mol. The Balaban J connectivity index is 2.13. The van der Waals surface area contributed by atoms with Crippen LogP contribution in [0.15, 0.2) is 71.0 Å². The summed E-state index contributed by atoms with van der Waals surface area (Å²) in [6.07, 6.45) is 1.18. The lowest BCUT2D eigenvalue weighted by molar-refractivity contribution is -0.139. The van der Waals surface area contributed by atoms with Gasteiger partial charge >= 0.3 is 5.97 Å². The van der Waals surface area contributed by atoms with Gasteiger partial charge in [-0.1, -0.05) is 54.2 Å². The predicted molar refractivity (Wildman–Crippen MR) is 81.7 cm³/mol. The van der Waals surface area contributed by atoms with Gasteiger partial charge in [0.2, 0.25) is 0 Å². The van der Waals surface area contributed by atoms with Crippen LogP contribution in [0.25, 0.3) is 0 Å². The number of hydrogen-bond donors (Lipinski definition) is 0. The van der Waals surface area contributed by atoms with Crippen molar-refractivity contribution in [2.24, 2.45) is 0 Å². The van der Waals surface area contributed by atoms with E-state index >= 15 is 0 Å². The quantitative estimate of drug-likeness (QED) is 0.602. The van der Waals surface area contributed by atoms with Crippen LogP contribution in [0, 0.1) is 6.92 Å². The fourth-order valence-corrected chi connectivity index (χ4v) is 2.59. The van der Waals surface area contributed by atoms with Crippen LogP contribution in [0.2, 0.25) is 0 Å². The molecule has 0 aliphatic carbocycles. The van der Waals surface area contributed by atoms with Gasteiger partial charge in [0.15, 0.2) is 0 Å². The zero-order valence-electron chi connectivity index (χ0n) is 11.3. The second kappa shape index (κ2) is 6.96. The van der Waals surface area contributed by atoms with Crippen molar-refractivity contribution in [1.82, 2.24) is 0 Å². The molecule has 3 heteroatoms. The summed E-state index contributed by atoms with van der Waals surface area (Å²) < 4.78 is 5.10. The minimum atomic E-state index is -0.403. The Bertz CT molecular complexity index is 603. The fourth-order valence-electron chi connectivity index (χ4n) is 1.66. The molecule has 0 aromatic heterocycles. The Kier molecular flexibility index (Phi) is 5.02. The van der Waals surface area contributed by atoms with E-state index < -0.39 is 5.97 Å². The Labute approximate surface area is 123 Å². The lowest BCUT2D eigenvalue weighted by Crippen LogP contribution is -2.01. The Hall–Kier alpha value is -2.00. The molecular formula is C17H16O2S. The summed E-state index contributed by atoms with van der Waals surface area (Å²) in [5, 5.41) is 0. The van der Waals surface area contributed by atoms with Crippen LogP contribution < -0.4 is 0 Å². The lowest BCUT2D eigenvalue weighted by Gasteiger charge is -2.09. The summed E-state index contributed by atoms with van der Waals surface area (Å²) in [4.78, 5) is 13.4. The summed E-state index contributed by atoms with van der Waals surface area (Å²) >= 11 is 1.67. The van der Waals surface area contributed by atoms with Crippen molar-refractivity contribution in [1.29, 1.82) is 0 Å². The molecule has 2 nitrogen and oxygen atoms in total. The standard InChI is InChI=1S/C17H16O2S/c1-3-17(18)19-12-14-6-4-5-7-16(14)20-15-10-8-13(2)9-11-15/h3-11H,1,12H2,2H3. The van der Waals surface area contributed by atoms with E-state index in [0.29, 0.717) is 0 Å². The third kappa shape index (κ3) is 4.00. The number of aryl methyl sites for hydroxylation is 1. The average molecular weight is 284 g/mol. The number of ether oxygens (including phenoxy) is 1. The van der Waals surface area contributed by atoms with E-state index in [1.54, 1.807) is 11.8 Å². The topological polar surface area (TPSA) is 26.3 Å². The molecule has 0 radical (unpaired) electrons. The Morgan fingerprint density at radius 3 is 2.60 bits per heavy atom. The van der Waals surface area contributed by atoms with E-state index in [1.807, 2.05) is 24.3 Å². The van der Waals surface area contributed by atoms with Crippen molar-refractivity contribution < 1.29 is 9.53 Å². The van der Waals surface area contributed by atoms with E-state index in [-0.39, 0.29) is 6.61 Å². The number of carbonyl (C=O) groups excluding carboxylic acids is 1. The van der Waals surface area contributed by atoms with Crippen LogP contribution >= 0.6 is 11.8 Å². The zero-order valence-corrected chi connectivity index (χ0v) is 12.2. The normalized spacial score (nSPS) is 10.1. The van der Waals surface area contributed by atoms with Gasteiger partial charge in [0, 0.05) is 21.4 Å². The maximum Gasteiger partial charge on any atom is 0.330 e. The second-order valence-corrected chi connectivity index (χ2v) is 5.45. The van der Waals surface area contributed by atoms with E-state index in [9.17, 15) is 4.79 Å². The van der Waals surface area contributed by atoms with Crippen LogP contribution in [-0.4, -0.2) is 5.97 Å². The maximum atomic E-state index is 11.1. The third-order valence-electron chi connectivity index (χ3n) is 2.76. The Morgan fingerprint density at radius 2 is 1.90 bits per heavy atom. The summed E-state index contributed by atoms with van der Waals surface area (Å²) in [5.41, 5.74) is 2.23. The first-order chi connectivity index (χ1) is 9.69. The first kappa shape index (κ1) is 14.4. The summed E-state index contributed by atoms with van der Waals surface area (Å²) in [5.74, 6) is -0.403. The van der Waals surface area contributed by atoms with Gasteiger partial charge in [-0.2, -0.15) is 0 Å². The second-order valence-electron chi connectivity index (χ2n) is 4.33. The van der Waals surface area contributed by atoms with Crippen molar-refractivity contribution in [3.63, 3.8) is 0 Å². The molecule has 102 valence electrons. The molecule has 20 heavy (non-hydrogen) atoms.